The maximum Gasteiger partial charge on any atom is 0.338 e. The van der Waals surface area contributed by atoms with Gasteiger partial charge in [-0.3, -0.25) is 9.78 Å². The Balaban J connectivity index is 2.18. The van der Waals surface area contributed by atoms with E-state index in [4.69, 9.17) is 5.11 Å². The summed E-state index contributed by atoms with van der Waals surface area (Å²) in [5.74, 6) is -1.13. The number of carboxylic acid groups (broad SMARTS) is 1. The third-order valence-corrected chi connectivity index (χ3v) is 4.25. The van der Waals surface area contributed by atoms with Gasteiger partial charge >= 0.3 is 5.97 Å². The molecule has 10 heteroatoms. The van der Waals surface area contributed by atoms with Gasteiger partial charge in [0.2, 0.25) is 5.95 Å². The molecule has 0 saturated carbocycles. The summed E-state index contributed by atoms with van der Waals surface area (Å²) >= 11 is 0. The van der Waals surface area contributed by atoms with Gasteiger partial charge in [-0.1, -0.05) is 0 Å². The molecule has 1 aromatic carbocycles. The normalized spacial score (nSPS) is 11.7. The Hall–Kier alpha value is -3.01. The van der Waals surface area contributed by atoms with Crippen molar-refractivity contribution in [1.29, 1.82) is 0 Å². The van der Waals surface area contributed by atoms with Crippen LogP contribution in [0.15, 0.2) is 40.3 Å². The van der Waals surface area contributed by atoms with Gasteiger partial charge < -0.3 is 5.11 Å². The minimum atomic E-state index is -3.44. The summed E-state index contributed by atoms with van der Waals surface area (Å²) in [7, 11) is -3.44. The van der Waals surface area contributed by atoms with Gasteiger partial charge in [-0.05, 0) is 18.2 Å². The largest absolute Gasteiger partial charge is 0.478 e. The first-order valence-electron chi connectivity index (χ1n) is 6.28. The number of nitrogens with zero attached hydrogens (tertiary/aromatic N) is 3. The highest BCUT2D eigenvalue weighted by Gasteiger charge is 2.13. The van der Waals surface area contributed by atoms with Crippen molar-refractivity contribution in [3.63, 3.8) is 0 Å². The molecular formula is C13H10N4O5S. The Kier molecular flexibility index (Phi) is 3.25. The molecule has 3 aromatic rings. The third kappa shape index (κ3) is 2.71. The van der Waals surface area contributed by atoms with E-state index in [0.717, 1.165) is 17.1 Å². The number of aromatic amines is 1. The molecule has 0 atom stereocenters. The fourth-order valence-corrected chi connectivity index (χ4v) is 2.64. The number of H-pyrrole nitrogens is 1. The minimum absolute atomic E-state index is 0.0114. The molecule has 0 unspecified atom stereocenters. The number of carbonyl (C=O) groups is 1. The van der Waals surface area contributed by atoms with Crippen LogP contribution < -0.4 is 5.56 Å². The number of carboxylic acids is 1. The van der Waals surface area contributed by atoms with Crippen molar-refractivity contribution in [2.75, 3.05) is 6.26 Å². The molecule has 23 heavy (non-hydrogen) atoms. The van der Waals surface area contributed by atoms with E-state index < -0.39 is 21.4 Å². The van der Waals surface area contributed by atoms with Crippen molar-refractivity contribution in [3.8, 4) is 5.95 Å². The van der Waals surface area contributed by atoms with Gasteiger partial charge in [-0.2, -0.15) is 5.10 Å². The number of aromatic nitrogens is 4. The van der Waals surface area contributed by atoms with Gasteiger partial charge in [-0.25, -0.2) is 22.9 Å². The lowest BCUT2D eigenvalue weighted by Crippen LogP contribution is -2.14. The maximum absolute atomic E-state index is 12.1. The number of aromatic carboxylic acids is 1. The van der Waals surface area contributed by atoms with Crippen LogP contribution >= 0.6 is 0 Å². The lowest BCUT2D eigenvalue weighted by molar-refractivity contribution is 0.0697. The molecule has 118 valence electrons. The van der Waals surface area contributed by atoms with Crippen molar-refractivity contribution in [1.82, 2.24) is 19.7 Å². The van der Waals surface area contributed by atoms with E-state index in [0.29, 0.717) is 0 Å². The summed E-state index contributed by atoms with van der Waals surface area (Å²) in [6, 6.07) is 4.00. The van der Waals surface area contributed by atoms with Crippen LogP contribution in [-0.4, -0.2) is 45.5 Å². The predicted molar refractivity (Wildman–Crippen MR) is 79.6 cm³/mol. The molecule has 9 nitrogen and oxygen atoms in total. The van der Waals surface area contributed by atoms with E-state index in [9.17, 15) is 18.0 Å². The van der Waals surface area contributed by atoms with Gasteiger partial charge in [0.05, 0.1) is 27.6 Å². The smallest absolute Gasteiger partial charge is 0.338 e. The van der Waals surface area contributed by atoms with E-state index in [1.807, 2.05) is 0 Å². The summed E-state index contributed by atoms with van der Waals surface area (Å²) < 4.78 is 24.2. The summed E-state index contributed by atoms with van der Waals surface area (Å²) in [5.41, 5.74) is -0.341. The van der Waals surface area contributed by atoms with Crippen LogP contribution in [0.1, 0.15) is 10.4 Å². The zero-order valence-electron chi connectivity index (χ0n) is 11.7. The first kappa shape index (κ1) is 14.9. The monoisotopic (exact) mass is 334 g/mol. The highest BCUT2D eigenvalue weighted by Crippen LogP contribution is 2.15. The molecule has 0 radical (unpaired) electrons. The Bertz CT molecular complexity index is 1100. The molecule has 0 aliphatic heterocycles. The predicted octanol–water partition coefficient (Wildman–Crippen LogP) is 0.210. The second-order valence-corrected chi connectivity index (χ2v) is 6.84. The molecule has 0 saturated heterocycles. The zero-order valence-corrected chi connectivity index (χ0v) is 12.5. The van der Waals surface area contributed by atoms with Crippen molar-refractivity contribution >= 4 is 26.7 Å². The number of hydrogen-bond acceptors (Lipinski definition) is 6. The van der Waals surface area contributed by atoms with Crippen LogP contribution in [-0.2, 0) is 9.84 Å². The van der Waals surface area contributed by atoms with Gasteiger partial charge in [0.15, 0.2) is 9.84 Å². The van der Waals surface area contributed by atoms with Crippen molar-refractivity contribution in [3.05, 3.63) is 46.5 Å². The summed E-state index contributed by atoms with van der Waals surface area (Å²) in [4.78, 5) is 29.6. The van der Waals surface area contributed by atoms with E-state index in [1.54, 1.807) is 0 Å². The van der Waals surface area contributed by atoms with Crippen LogP contribution in [0, 0.1) is 0 Å². The van der Waals surface area contributed by atoms with Crippen LogP contribution in [0.5, 0.6) is 0 Å². The van der Waals surface area contributed by atoms with Crippen molar-refractivity contribution in [2.45, 2.75) is 4.90 Å². The molecule has 2 aromatic heterocycles. The molecule has 2 heterocycles. The van der Waals surface area contributed by atoms with Crippen LogP contribution in [0.3, 0.4) is 0 Å². The molecule has 3 rings (SSSR count). The van der Waals surface area contributed by atoms with E-state index in [1.165, 1.54) is 24.4 Å². The highest BCUT2D eigenvalue weighted by atomic mass is 32.2. The first-order chi connectivity index (χ1) is 10.8. The van der Waals surface area contributed by atoms with Crippen molar-refractivity contribution < 1.29 is 18.3 Å². The molecular weight excluding hydrogens is 324 g/mol. The number of hydrogen-bond donors (Lipinski definition) is 2. The quantitative estimate of drug-likeness (QED) is 0.699. The lowest BCUT2D eigenvalue weighted by Gasteiger charge is -2.04. The van der Waals surface area contributed by atoms with E-state index >= 15 is 0 Å². The Morgan fingerprint density at radius 1 is 1.35 bits per heavy atom. The SMILES string of the molecule is CS(=O)(=O)c1ccc2nc(-n3cc(C(=O)O)cn3)[nH]c(=O)c2c1. The third-order valence-electron chi connectivity index (χ3n) is 3.14. The first-order valence-corrected chi connectivity index (χ1v) is 8.17. The van der Waals surface area contributed by atoms with Gasteiger partial charge in [0, 0.05) is 12.5 Å². The second kappa shape index (κ2) is 5.02. The topological polar surface area (TPSA) is 135 Å². The summed E-state index contributed by atoms with van der Waals surface area (Å²) in [6.07, 6.45) is 3.37. The minimum Gasteiger partial charge on any atom is -0.478 e. The van der Waals surface area contributed by atoms with Gasteiger partial charge in [0.25, 0.3) is 5.56 Å². The fourth-order valence-electron chi connectivity index (χ4n) is 1.99. The van der Waals surface area contributed by atoms with E-state index in [-0.39, 0.29) is 27.3 Å². The number of rotatable bonds is 3. The van der Waals surface area contributed by atoms with Crippen molar-refractivity contribution in [2.24, 2.45) is 0 Å². The number of benzene rings is 1. The molecule has 0 fully saturated rings. The molecule has 0 aliphatic rings. The van der Waals surface area contributed by atoms with E-state index in [2.05, 4.69) is 15.1 Å². The molecule has 0 spiro atoms. The standard InChI is InChI=1S/C13H10N4O5S/c1-23(21,22)8-2-3-10-9(4-8)11(18)16-13(15-10)17-6-7(5-14-17)12(19)20/h2-6H,1H3,(H,19,20)(H,15,16,18). The van der Waals surface area contributed by atoms with Crippen LogP contribution in [0.2, 0.25) is 0 Å². The molecule has 0 amide bonds. The average molecular weight is 334 g/mol. The number of fused-ring (bicyclic) bond motifs is 1. The van der Waals surface area contributed by atoms with Crippen LogP contribution in [0.25, 0.3) is 16.9 Å². The Morgan fingerprint density at radius 3 is 2.70 bits per heavy atom. The second-order valence-electron chi connectivity index (χ2n) is 4.82. The molecule has 0 bridgehead atoms. The lowest BCUT2D eigenvalue weighted by atomic mass is 10.2. The fraction of sp³-hybridized carbons (Fsp3) is 0.0769. The number of sulfone groups is 1. The Morgan fingerprint density at radius 2 is 2.09 bits per heavy atom. The zero-order chi connectivity index (χ0) is 16.8. The molecule has 2 N–H and O–H groups in total. The number of nitrogens with one attached hydrogen (secondary N) is 1. The summed E-state index contributed by atoms with van der Waals surface area (Å²) in [5, 5.41) is 12.8. The maximum atomic E-state index is 12.1. The Labute approximate surface area is 129 Å². The van der Waals surface area contributed by atoms with Crippen LogP contribution in [0.4, 0.5) is 0 Å². The highest BCUT2D eigenvalue weighted by molar-refractivity contribution is 7.90. The van der Waals surface area contributed by atoms with Gasteiger partial charge in [-0.15, -0.1) is 0 Å². The average Bonchev–Trinajstić information content (AvgIpc) is 2.96. The summed E-state index contributed by atoms with van der Waals surface area (Å²) in [6.45, 7) is 0. The van der Waals surface area contributed by atoms with Gasteiger partial charge in [0.1, 0.15) is 0 Å². The molecule has 0 aliphatic carbocycles.